The van der Waals surface area contributed by atoms with Crippen molar-refractivity contribution in [2.75, 3.05) is 0 Å². The number of phenolic OH excluding ortho intramolecular Hbond substituents is 1. The Kier molecular flexibility index (Phi) is 3.32. The molecule has 2 aromatic carbocycles. The molecule has 0 saturated carbocycles. The molecule has 0 aliphatic carbocycles. The molecule has 3 rings (SSSR count). The van der Waals surface area contributed by atoms with Crippen molar-refractivity contribution < 1.29 is 14.3 Å². The van der Waals surface area contributed by atoms with Gasteiger partial charge in [-0.3, -0.25) is 4.79 Å². The number of phenols is 1. The van der Waals surface area contributed by atoms with Gasteiger partial charge in [-0.15, -0.1) is 0 Å². The van der Waals surface area contributed by atoms with E-state index in [-0.39, 0.29) is 5.75 Å². The molecule has 21 heavy (non-hydrogen) atoms. The Balaban J connectivity index is 2.16. The molecule has 0 unspecified atom stereocenters. The molecule has 1 aromatic heterocycles. The highest BCUT2D eigenvalue weighted by atomic mass is 16.3. The molecule has 0 bridgehead atoms. The second-order valence-electron chi connectivity index (χ2n) is 4.89. The monoisotopic (exact) mass is 278 g/mol. The van der Waals surface area contributed by atoms with Gasteiger partial charge in [0.1, 0.15) is 23.2 Å². The van der Waals surface area contributed by atoms with Crippen molar-refractivity contribution in [3.63, 3.8) is 0 Å². The van der Waals surface area contributed by atoms with Gasteiger partial charge in [0.2, 0.25) is 0 Å². The van der Waals surface area contributed by atoms with Gasteiger partial charge in [-0.25, -0.2) is 0 Å². The molecule has 0 aliphatic heterocycles. The molecule has 0 fully saturated rings. The summed E-state index contributed by atoms with van der Waals surface area (Å²) in [7, 11) is 0. The molecule has 0 atom stereocenters. The number of furan rings is 1. The van der Waals surface area contributed by atoms with Crippen LogP contribution in [0.4, 0.5) is 0 Å². The fourth-order valence-corrected chi connectivity index (χ4v) is 2.28. The van der Waals surface area contributed by atoms with Gasteiger partial charge in [-0.05, 0) is 30.7 Å². The zero-order valence-electron chi connectivity index (χ0n) is 11.5. The topological polar surface area (TPSA) is 50.4 Å². The van der Waals surface area contributed by atoms with Gasteiger partial charge in [0, 0.05) is 16.3 Å². The van der Waals surface area contributed by atoms with E-state index < -0.39 is 0 Å². The third-order valence-corrected chi connectivity index (χ3v) is 3.33. The molecule has 1 N–H and O–H groups in total. The summed E-state index contributed by atoms with van der Waals surface area (Å²) in [6.07, 6.45) is 6.29. The van der Waals surface area contributed by atoms with E-state index in [1.54, 1.807) is 31.2 Å². The summed E-state index contributed by atoms with van der Waals surface area (Å²) < 4.78 is 5.87. The van der Waals surface area contributed by atoms with E-state index in [1.807, 2.05) is 30.4 Å². The normalized spacial score (nSPS) is 12.5. The maximum absolute atomic E-state index is 10.6. The van der Waals surface area contributed by atoms with Gasteiger partial charge < -0.3 is 9.52 Å². The lowest BCUT2D eigenvalue weighted by Gasteiger charge is -1.94. The predicted molar refractivity (Wildman–Crippen MR) is 84.2 cm³/mol. The lowest BCUT2D eigenvalue weighted by Crippen LogP contribution is -1.75. The highest BCUT2D eigenvalue weighted by Crippen LogP contribution is 2.33. The fourth-order valence-electron chi connectivity index (χ4n) is 2.28. The first-order chi connectivity index (χ1) is 10.2. The van der Waals surface area contributed by atoms with Crippen LogP contribution in [0.25, 0.3) is 28.0 Å². The number of para-hydroxylation sites is 1. The second-order valence-corrected chi connectivity index (χ2v) is 4.89. The van der Waals surface area contributed by atoms with E-state index in [9.17, 15) is 9.90 Å². The van der Waals surface area contributed by atoms with Gasteiger partial charge in [-0.1, -0.05) is 36.4 Å². The van der Waals surface area contributed by atoms with Crippen molar-refractivity contribution in [3.05, 3.63) is 59.7 Å². The molecular formula is C18H14O3. The summed E-state index contributed by atoms with van der Waals surface area (Å²) in [5.74, 6) is 0.218. The van der Waals surface area contributed by atoms with Crippen LogP contribution in [0.15, 0.2) is 58.5 Å². The standard InChI is InChI=1S/C18H14O3/c1-12(11-19)4-2-5-13-6-3-7-15-16-10-14(20)8-9-17(16)21-18(13)15/h2-11,20H,1H3/b5-2+,12-4+. The predicted octanol–water partition coefficient (Wildman–Crippen LogP) is 4.45. The summed E-state index contributed by atoms with van der Waals surface area (Å²) >= 11 is 0. The van der Waals surface area contributed by atoms with Crippen LogP contribution in [0.5, 0.6) is 5.75 Å². The summed E-state index contributed by atoms with van der Waals surface area (Å²) in [6, 6.07) is 10.9. The van der Waals surface area contributed by atoms with Crippen molar-refractivity contribution >= 4 is 34.3 Å². The summed E-state index contributed by atoms with van der Waals surface area (Å²) in [5.41, 5.74) is 3.10. The van der Waals surface area contributed by atoms with Crippen molar-refractivity contribution in [2.24, 2.45) is 0 Å². The number of fused-ring (bicyclic) bond motifs is 3. The van der Waals surface area contributed by atoms with Crippen LogP contribution in [0.2, 0.25) is 0 Å². The zero-order chi connectivity index (χ0) is 14.8. The average Bonchev–Trinajstić information content (AvgIpc) is 2.86. The van der Waals surface area contributed by atoms with Crippen LogP contribution in [0.1, 0.15) is 12.5 Å². The van der Waals surface area contributed by atoms with E-state index in [2.05, 4.69) is 0 Å². The number of hydrogen-bond acceptors (Lipinski definition) is 3. The van der Waals surface area contributed by atoms with Crippen molar-refractivity contribution in [1.82, 2.24) is 0 Å². The molecule has 0 radical (unpaired) electrons. The Morgan fingerprint density at radius 1 is 1.19 bits per heavy atom. The Morgan fingerprint density at radius 2 is 2.05 bits per heavy atom. The largest absolute Gasteiger partial charge is 0.508 e. The lowest BCUT2D eigenvalue weighted by molar-refractivity contribution is -0.104. The maximum Gasteiger partial charge on any atom is 0.145 e. The van der Waals surface area contributed by atoms with Gasteiger partial charge in [0.15, 0.2) is 0 Å². The van der Waals surface area contributed by atoms with E-state index in [1.165, 1.54) is 0 Å². The minimum Gasteiger partial charge on any atom is -0.508 e. The van der Waals surface area contributed by atoms with Crippen LogP contribution >= 0.6 is 0 Å². The lowest BCUT2D eigenvalue weighted by atomic mass is 10.1. The van der Waals surface area contributed by atoms with Crippen LogP contribution in [0, 0.1) is 0 Å². The van der Waals surface area contributed by atoms with E-state index in [4.69, 9.17) is 4.42 Å². The molecule has 104 valence electrons. The molecule has 0 spiro atoms. The van der Waals surface area contributed by atoms with Gasteiger partial charge >= 0.3 is 0 Å². The Morgan fingerprint density at radius 3 is 2.86 bits per heavy atom. The van der Waals surface area contributed by atoms with Crippen LogP contribution in [0.3, 0.4) is 0 Å². The van der Waals surface area contributed by atoms with Gasteiger partial charge in [0.05, 0.1) is 0 Å². The van der Waals surface area contributed by atoms with Crippen molar-refractivity contribution in [3.8, 4) is 5.75 Å². The summed E-state index contributed by atoms with van der Waals surface area (Å²) in [6.45, 7) is 1.75. The third kappa shape index (κ3) is 2.46. The first-order valence-electron chi connectivity index (χ1n) is 6.63. The minimum atomic E-state index is 0.218. The number of allylic oxidation sites excluding steroid dienone is 3. The van der Waals surface area contributed by atoms with E-state index in [0.29, 0.717) is 5.57 Å². The quantitative estimate of drug-likeness (QED) is 0.437. The van der Waals surface area contributed by atoms with Crippen molar-refractivity contribution in [1.29, 1.82) is 0 Å². The van der Waals surface area contributed by atoms with Gasteiger partial charge in [-0.2, -0.15) is 0 Å². The first kappa shape index (κ1) is 13.2. The molecule has 0 amide bonds. The number of carbonyl (C=O) groups is 1. The second kappa shape index (κ2) is 5.29. The van der Waals surface area contributed by atoms with Crippen LogP contribution in [-0.4, -0.2) is 11.4 Å². The van der Waals surface area contributed by atoms with Crippen LogP contribution < -0.4 is 0 Å². The number of aromatic hydroxyl groups is 1. The molecule has 0 aliphatic rings. The van der Waals surface area contributed by atoms with E-state index >= 15 is 0 Å². The Bertz CT molecular complexity index is 882. The Hall–Kier alpha value is -2.81. The molecule has 3 nitrogen and oxygen atoms in total. The average molecular weight is 278 g/mol. The Labute approximate surface area is 121 Å². The molecule has 3 heteroatoms. The molecule has 0 saturated heterocycles. The third-order valence-electron chi connectivity index (χ3n) is 3.33. The smallest absolute Gasteiger partial charge is 0.145 e. The number of hydrogen-bond donors (Lipinski definition) is 1. The van der Waals surface area contributed by atoms with Crippen LogP contribution in [-0.2, 0) is 4.79 Å². The number of rotatable bonds is 3. The summed E-state index contributed by atoms with van der Waals surface area (Å²) in [4.78, 5) is 10.6. The van der Waals surface area contributed by atoms with E-state index in [0.717, 1.165) is 33.8 Å². The fraction of sp³-hybridized carbons (Fsp3) is 0.0556. The maximum atomic E-state index is 10.6. The first-order valence-corrected chi connectivity index (χ1v) is 6.63. The number of carbonyl (C=O) groups excluding carboxylic acids is 1. The zero-order valence-corrected chi connectivity index (χ0v) is 11.5. The summed E-state index contributed by atoms with van der Waals surface area (Å²) in [5, 5.41) is 11.5. The van der Waals surface area contributed by atoms with Gasteiger partial charge in [0.25, 0.3) is 0 Å². The molecule has 1 heterocycles. The molecular weight excluding hydrogens is 264 g/mol. The number of aldehydes is 1. The molecule has 3 aromatic rings. The minimum absolute atomic E-state index is 0.218. The SMILES string of the molecule is C/C(C=O)=C\C=C\c1cccc2c1oc1ccc(O)cc12. The highest BCUT2D eigenvalue weighted by Gasteiger charge is 2.09. The highest BCUT2D eigenvalue weighted by molar-refractivity contribution is 6.07. The van der Waals surface area contributed by atoms with Crippen molar-refractivity contribution in [2.45, 2.75) is 6.92 Å². The number of benzene rings is 2.